The minimum atomic E-state index is -0.336. The maximum Gasteiger partial charge on any atom is 0.0861 e. The fraction of sp³-hybridized carbons (Fsp3) is 0.500. The van der Waals surface area contributed by atoms with Crippen LogP contribution in [0.5, 0.6) is 0 Å². The van der Waals surface area contributed by atoms with Crippen molar-refractivity contribution in [3.63, 3.8) is 0 Å². The predicted molar refractivity (Wildman–Crippen MR) is 72.9 cm³/mol. The van der Waals surface area contributed by atoms with Crippen molar-refractivity contribution < 1.29 is 5.11 Å². The molecule has 1 heteroatoms. The van der Waals surface area contributed by atoms with Crippen molar-refractivity contribution in [1.82, 2.24) is 0 Å². The van der Waals surface area contributed by atoms with E-state index in [2.05, 4.69) is 52.0 Å². The second-order valence-corrected chi connectivity index (χ2v) is 5.62. The van der Waals surface area contributed by atoms with Crippen LogP contribution in [0.25, 0.3) is 6.08 Å². The van der Waals surface area contributed by atoms with Gasteiger partial charge in [0, 0.05) is 5.92 Å². The molecule has 0 unspecified atom stereocenters. The Hall–Kier alpha value is -1.08. The van der Waals surface area contributed by atoms with Crippen molar-refractivity contribution >= 4 is 6.08 Å². The van der Waals surface area contributed by atoms with Crippen molar-refractivity contribution in [2.24, 2.45) is 11.8 Å². The maximum absolute atomic E-state index is 10.5. The zero-order valence-electron chi connectivity index (χ0n) is 11.2. The summed E-state index contributed by atoms with van der Waals surface area (Å²) in [6.07, 6.45) is 5.08. The van der Waals surface area contributed by atoms with E-state index in [0.717, 1.165) is 12.0 Å². The van der Waals surface area contributed by atoms with Gasteiger partial charge in [0.25, 0.3) is 0 Å². The Labute approximate surface area is 104 Å². The van der Waals surface area contributed by atoms with E-state index in [9.17, 15) is 5.11 Å². The molecule has 1 N–H and O–H groups in total. The third kappa shape index (κ3) is 2.30. The molecular formula is C16H22O. The highest BCUT2D eigenvalue weighted by Gasteiger charge is 2.26. The van der Waals surface area contributed by atoms with E-state index in [-0.39, 0.29) is 12.0 Å². The van der Waals surface area contributed by atoms with Gasteiger partial charge in [0.05, 0.1) is 6.10 Å². The van der Waals surface area contributed by atoms with Gasteiger partial charge in [-0.1, -0.05) is 38.1 Å². The van der Waals surface area contributed by atoms with Crippen LogP contribution in [0.15, 0.2) is 18.2 Å². The van der Waals surface area contributed by atoms with Crippen LogP contribution in [0.2, 0.25) is 0 Å². The molecule has 0 radical (unpaired) electrons. The summed E-state index contributed by atoms with van der Waals surface area (Å²) in [5, 5.41) is 10.5. The van der Waals surface area contributed by atoms with Gasteiger partial charge >= 0.3 is 0 Å². The van der Waals surface area contributed by atoms with Crippen LogP contribution in [0.1, 0.15) is 48.6 Å². The van der Waals surface area contributed by atoms with Crippen molar-refractivity contribution in [1.29, 1.82) is 0 Å². The zero-order valence-corrected chi connectivity index (χ0v) is 11.2. The molecule has 92 valence electrons. The van der Waals surface area contributed by atoms with Crippen LogP contribution in [-0.2, 0) is 0 Å². The number of aliphatic hydroxyl groups excluding tert-OH is 1. The molecule has 1 aliphatic carbocycles. The summed E-state index contributed by atoms with van der Waals surface area (Å²) < 4.78 is 0. The maximum atomic E-state index is 10.5. The van der Waals surface area contributed by atoms with Gasteiger partial charge in [-0.15, -0.1) is 0 Å². The average molecular weight is 230 g/mol. The molecule has 1 aromatic rings. The molecule has 1 aromatic carbocycles. The van der Waals surface area contributed by atoms with Crippen molar-refractivity contribution in [2.45, 2.75) is 40.2 Å². The van der Waals surface area contributed by atoms with Gasteiger partial charge in [-0.25, -0.2) is 0 Å². The summed E-state index contributed by atoms with van der Waals surface area (Å²) in [6, 6.07) is 4.25. The summed E-state index contributed by atoms with van der Waals surface area (Å²) in [6.45, 7) is 8.61. The Balaban J connectivity index is 2.41. The first-order valence-corrected chi connectivity index (χ1v) is 6.47. The fourth-order valence-corrected chi connectivity index (χ4v) is 2.76. The van der Waals surface area contributed by atoms with E-state index >= 15 is 0 Å². The Morgan fingerprint density at radius 3 is 2.47 bits per heavy atom. The summed E-state index contributed by atoms with van der Waals surface area (Å²) >= 11 is 0. The van der Waals surface area contributed by atoms with E-state index in [1.807, 2.05) is 0 Å². The first-order valence-electron chi connectivity index (χ1n) is 6.47. The molecule has 0 saturated heterocycles. The molecular weight excluding hydrogens is 208 g/mol. The summed E-state index contributed by atoms with van der Waals surface area (Å²) in [5.74, 6) is 0.883. The standard InChI is InChI=1S/C16H22O/c1-10(2)9-13-7-8-14-11(3)5-6-12(4)15(14)16(13)17/h5-8,10,13,16-17H,9H2,1-4H3/t13-,16-/m1/s1. The number of hydrogen-bond donors (Lipinski definition) is 1. The van der Waals surface area contributed by atoms with Crippen molar-refractivity contribution in [3.8, 4) is 0 Å². The predicted octanol–water partition coefficient (Wildman–Crippen LogP) is 4.03. The van der Waals surface area contributed by atoms with Gasteiger partial charge < -0.3 is 5.11 Å². The number of aryl methyl sites for hydroxylation is 2. The molecule has 0 amide bonds. The van der Waals surface area contributed by atoms with E-state index in [4.69, 9.17) is 0 Å². The van der Waals surface area contributed by atoms with Crippen LogP contribution in [-0.4, -0.2) is 5.11 Å². The minimum absolute atomic E-state index is 0.267. The lowest BCUT2D eigenvalue weighted by Gasteiger charge is -2.29. The number of fused-ring (bicyclic) bond motifs is 1. The molecule has 0 aromatic heterocycles. The highest BCUT2D eigenvalue weighted by Crippen LogP contribution is 2.38. The lowest BCUT2D eigenvalue weighted by Crippen LogP contribution is -2.18. The molecule has 17 heavy (non-hydrogen) atoms. The second-order valence-electron chi connectivity index (χ2n) is 5.62. The van der Waals surface area contributed by atoms with Gasteiger partial charge in [0.15, 0.2) is 0 Å². The third-order valence-corrected chi connectivity index (χ3v) is 3.68. The fourth-order valence-electron chi connectivity index (χ4n) is 2.76. The minimum Gasteiger partial charge on any atom is -0.388 e. The van der Waals surface area contributed by atoms with E-state index in [1.165, 1.54) is 16.7 Å². The van der Waals surface area contributed by atoms with Gasteiger partial charge in [-0.3, -0.25) is 0 Å². The van der Waals surface area contributed by atoms with Crippen LogP contribution in [0.3, 0.4) is 0 Å². The van der Waals surface area contributed by atoms with Crippen LogP contribution >= 0.6 is 0 Å². The molecule has 0 aliphatic heterocycles. The monoisotopic (exact) mass is 230 g/mol. The molecule has 0 spiro atoms. The van der Waals surface area contributed by atoms with Gasteiger partial charge in [0.1, 0.15) is 0 Å². The Morgan fingerprint density at radius 2 is 1.82 bits per heavy atom. The largest absolute Gasteiger partial charge is 0.388 e. The number of rotatable bonds is 2. The Morgan fingerprint density at radius 1 is 1.18 bits per heavy atom. The van der Waals surface area contributed by atoms with Crippen molar-refractivity contribution in [3.05, 3.63) is 40.5 Å². The van der Waals surface area contributed by atoms with Crippen molar-refractivity contribution in [2.75, 3.05) is 0 Å². The van der Waals surface area contributed by atoms with Crippen LogP contribution in [0, 0.1) is 25.7 Å². The normalized spacial score (nSPS) is 22.9. The first-order chi connectivity index (χ1) is 8.00. The zero-order chi connectivity index (χ0) is 12.6. The summed E-state index contributed by atoms with van der Waals surface area (Å²) in [5.41, 5.74) is 4.82. The number of aliphatic hydroxyl groups is 1. The van der Waals surface area contributed by atoms with Crippen LogP contribution in [0.4, 0.5) is 0 Å². The topological polar surface area (TPSA) is 20.2 Å². The van der Waals surface area contributed by atoms with Gasteiger partial charge in [-0.05, 0) is 48.4 Å². The molecule has 0 bridgehead atoms. The molecule has 2 atom stereocenters. The molecule has 1 aliphatic rings. The van der Waals surface area contributed by atoms with E-state index in [0.29, 0.717) is 5.92 Å². The molecule has 0 fully saturated rings. The third-order valence-electron chi connectivity index (χ3n) is 3.68. The molecule has 0 heterocycles. The summed E-state index contributed by atoms with van der Waals surface area (Å²) in [7, 11) is 0. The van der Waals surface area contributed by atoms with Gasteiger partial charge in [0.2, 0.25) is 0 Å². The number of benzene rings is 1. The summed E-state index contributed by atoms with van der Waals surface area (Å²) in [4.78, 5) is 0. The van der Waals surface area contributed by atoms with Gasteiger partial charge in [-0.2, -0.15) is 0 Å². The lowest BCUT2D eigenvalue weighted by molar-refractivity contribution is 0.117. The van der Waals surface area contributed by atoms with Crippen LogP contribution < -0.4 is 0 Å². The molecule has 2 rings (SSSR count). The second kappa shape index (κ2) is 4.66. The highest BCUT2D eigenvalue weighted by atomic mass is 16.3. The van der Waals surface area contributed by atoms with E-state index in [1.54, 1.807) is 0 Å². The first kappa shape index (κ1) is 12.4. The quantitative estimate of drug-likeness (QED) is 0.813. The average Bonchev–Trinajstić information content (AvgIpc) is 2.26. The lowest BCUT2D eigenvalue weighted by atomic mass is 9.79. The molecule has 1 nitrogen and oxygen atoms in total. The molecule has 0 saturated carbocycles. The highest BCUT2D eigenvalue weighted by molar-refractivity contribution is 5.63. The Kier molecular flexibility index (Phi) is 3.39. The smallest absolute Gasteiger partial charge is 0.0861 e. The SMILES string of the molecule is Cc1ccc(C)c2c1C=C[C@H](CC(C)C)[C@H]2O. The Bertz CT molecular complexity index is 443. The number of hydrogen-bond acceptors (Lipinski definition) is 1. The van der Waals surface area contributed by atoms with E-state index < -0.39 is 0 Å².